The number of aliphatic imine (C=N–C) groups is 1. The fraction of sp³-hybridized carbons (Fsp3) is 0.273. The predicted octanol–water partition coefficient (Wildman–Crippen LogP) is 10.3. The van der Waals surface area contributed by atoms with Crippen molar-refractivity contribution < 1.29 is 9.90 Å². The number of carbonyl (C=O) groups excluding carboxylic acids is 1. The molecule has 4 aromatic rings. The summed E-state index contributed by atoms with van der Waals surface area (Å²) in [5.74, 6) is -0.188. The molecule has 4 heteroatoms. The number of nitrogens with one attached hydrogen (secondary N) is 1. The van der Waals surface area contributed by atoms with Crippen LogP contribution in [-0.4, -0.2) is 16.6 Å². The first-order valence-corrected chi connectivity index (χ1v) is 16.8. The van der Waals surface area contributed by atoms with E-state index in [1.807, 2.05) is 36.4 Å². The second kappa shape index (κ2) is 10.8. The van der Waals surface area contributed by atoms with Crippen molar-refractivity contribution in [2.45, 2.75) is 77.0 Å². The summed E-state index contributed by atoms with van der Waals surface area (Å²) < 4.78 is 0. The van der Waals surface area contributed by atoms with Gasteiger partial charge in [-0.15, -0.1) is 0 Å². The lowest BCUT2D eigenvalue weighted by atomic mass is 9.71. The molecule has 1 aliphatic carbocycles. The van der Waals surface area contributed by atoms with E-state index in [1.165, 1.54) is 11.1 Å². The van der Waals surface area contributed by atoms with E-state index >= 15 is 0 Å². The number of rotatable bonds is 4. The van der Waals surface area contributed by atoms with Crippen molar-refractivity contribution in [1.29, 1.82) is 0 Å². The van der Waals surface area contributed by atoms with Gasteiger partial charge < -0.3 is 10.4 Å². The number of nitrogens with zero attached hydrogens (tertiary/aromatic N) is 1. The molecule has 2 atom stereocenters. The Kier molecular flexibility index (Phi) is 7.10. The number of hydrogen-bond acceptors (Lipinski definition) is 4. The maximum Gasteiger partial charge on any atom is 0.200 e. The van der Waals surface area contributed by atoms with Crippen LogP contribution in [0.1, 0.15) is 88.8 Å². The maximum atomic E-state index is 13.9. The summed E-state index contributed by atoms with van der Waals surface area (Å²) in [4.78, 5) is 18.9. The van der Waals surface area contributed by atoms with Crippen LogP contribution in [0, 0.1) is 0 Å². The Balaban J connectivity index is 1.28. The van der Waals surface area contributed by atoms with E-state index in [0.717, 1.165) is 45.0 Å². The normalized spacial score (nSPS) is 23.6. The first-order chi connectivity index (χ1) is 22.6. The standard InChI is InChI=1S/C44H44N2O2/c1-41(2,3)27-17-21-29(22-18-27)43(7)33-13-9-11-15-35(33)45-37(43)25-31-39(47)32(40(31)48)26-38-44(8,34-14-10-12-16-36(34)46-38)30-23-19-28(20-24-30)42(4,5)6/h9-26,45,47H,1-8H3/b32-26-,37-25-. The minimum absolute atomic E-state index is 0.000210. The Morgan fingerprint density at radius 3 is 1.75 bits per heavy atom. The molecule has 0 fully saturated rings. The number of ketones is 1. The Bertz CT molecular complexity index is 2100. The van der Waals surface area contributed by atoms with Crippen molar-refractivity contribution in [3.63, 3.8) is 0 Å². The molecule has 2 unspecified atom stereocenters. The fourth-order valence-electron chi connectivity index (χ4n) is 7.39. The average molecular weight is 633 g/mol. The Morgan fingerprint density at radius 1 is 0.667 bits per heavy atom. The summed E-state index contributed by atoms with van der Waals surface area (Å²) in [6, 6.07) is 33.8. The van der Waals surface area contributed by atoms with Gasteiger partial charge in [-0.1, -0.05) is 126 Å². The van der Waals surface area contributed by atoms with E-state index in [4.69, 9.17) is 4.99 Å². The summed E-state index contributed by atoms with van der Waals surface area (Å²) in [7, 11) is 0. The van der Waals surface area contributed by atoms with Crippen LogP contribution in [0.2, 0.25) is 0 Å². The molecule has 3 aliphatic rings. The van der Waals surface area contributed by atoms with Crippen LogP contribution in [0.25, 0.3) is 0 Å². The van der Waals surface area contributed by atoms with Crippen LogP contribution in [-0.2, 0) is 26.5 Å². The highest BCUT2D eigenvalue weighted by Gasteiger charge is 2.45. The molecule has 0 bridgehead atoms. The fourth-order valence-corrected chi connectivity index (χ4v) is 7.39. The highest BCUT2D eigenvalue weighted by Crippen LogP contribution is 2.50. The molecular weight excluding hydrogens is 588 g/mol. The summed E-state index contributed by atoms with van der Waals surface area (Å²) in [6.07, 6.45) is 3.63. The van der Waals surface area contributed by atoms with E-state index < -0.39 is 10.8 Å². The van der Waals surface area contributed by atoms with Gasteiger partial charge in [-0.2, -0.15) is 0 Å². The van der Waals surface area contributed by atoms with Crippen LogP contribution < -0.4 is 5.32 Å². The summed E-state index contributed by atoms with van der Waals surface area (Å²) in [5.41, 5.74) is 9.98. The molecular formula is C44H44N2O2. The van der Waals surface area contributed by atoms with E-state index in [-0.39, 0.29) is 27.9 Å². The van der Waals surface area contributed by atoms with Crippen LogP contribution in [0.4, 0.5) is 11.4 Å². The lowest BCUT2D eigenvalue weighted by Crippen LogP contribution is -2.32. The van der Waals surface area contributed by atoms with Crippen LogP contribution in [0.15, 0.2) is 137 Å². The van der Waals surface area contributed by atoms with Gasteiger partial charge in [-0.05, 0) is 82.3 Å². The van der Waals surface area contributed by atoms with Crippen molar-refractivity contribution >= 4 is 22.9 Å². The highest BCUT2D eigenvalue weighted by atomic mass is 16.3. The second-order valence-corrected chi connectivity index (χ2v) is 15.8. The number of allylic oxidation sites excluding steroid dienone is 5. The van der Waals surface area contributed by atoms with Crippen molar-refractivity contribution in [2.75, 3.05) is 5.32 Å². The highest BCUT2D eigenvalue weighted by molar-refractivity contribution is 6.25. The molecule has 0 radical (unpaired) electrons. The second-order valence-electron chi connectivity index (χ2n) is 15.8. The zero-order valence-corrected chi connectivity index (χ0v) is 29.2. The molecule has 48 heavy (non-hydrogen) atoms. The molecule has 0 aromatic heterocycles. The first kappa shape index (κ1) is 31.6. The van der Waals surface area contributed by atoms with Crippen LogP contribution in [0.5, 0.6) is 0 Å². The number of anilines is 1. The van der Waals surface area contributed by atoms with Crippen molar-refractivity contribution in [2.24, 2.45) is 4.99 Å². The van der Waals surface area contributed by atoms with Gasteiger partial charge in [0.25, 0.3) is 0 Å². The Morgan fingerprint density at radius 2 is 1.19 bits per heavy atom. The first-order valence-electron chi connectivity index (χ1n) is 16.8. The number of aliphatic hydroxyl groups excluding tert-OH is 1. The zero-order valence-electron chi connectivity index (χ0n) is 29.2. The molecule has 4 aromatic carbocycles. The van der Waals surface area contributed by atoms with Gasteiger partial charge in [-0.25, -0.2) is 0 Å². The molecule has 4 nitrogen and oxygen atoms in total. The quantitative estimate of drug-likeness (QED) is 0.220. The van der Waals surface area contributed by atoms with Gasteiger partial charge in [0, 0.05) is 11.4 Å². The number of hydrogen-bond donors (Lipinski definition) is 2. The third kappa shape index (κ3) is 4.80. The SMILES string of the molecule is CC(C)(C)c1ccc(C2(C)C(/C=C3\C(=O)C(/C=C4\Nc5ccccc5C4(C)c4ccc(C(C)(C)C)cc4)=C3O)=Nc3ccccc32)cc1. The topological polar surface area (TPSA) is 61.7 Å². The molecule has 0 saturated heterocycles. The molecule has 242 valence electrons. The lowest BCUT2D eigenvalue weighted by Gasteiger charge is -2.31. The van der Waals surface area contributed by atoms with Crippen molar-refractivity contribution in [3.05, 3.63) is 165 Å². The van der Waals surface area contributed by atoms with Gasteiger partial charge >= 0.3 is 0 Å². The molecule has 0 spiro atoms. The van der Waals surface area contributed by atoms with Gasteiger partial charge in [0.05, 0.1) is 33.4 Å². The third-order valence-corrected chi connectivity index (χ3v) is 10.7. The monoisotopic (exact) mass is 632 g/mol. The zero-order chi connectivity index (χ0) is 34.2. The van der Waals surface area contributed by atoms with Gasteiger partial charge in [0.2, 0.25) is 5.78 Å². The van der Waals surface area contributed by atoms with E-state index in [9.17, 15) is 9.90 Å². The maximum absolute atomic E-state index is 13.9. The number of benzene rings is 4. The molecule has 0 saturated carbocycles. The predicted molar refractivity (Wildman–Crippen MR) is 198 cm³/mol. The summed E-state index contributed by atoms with van der Waals surface area (Å²) in [6.45, 7) is 17.6. The summed E-state index contributed by atoms with van der Waals surface area (Å²) >= 11 is 0. The lowest BCUT2D eigenvalue weighted by molar-refractivity contribution is -0.113. The van der Waals surface area contributed by atoms with Crippen molar-refractivity contribution in [1.82, 2.24) is 0 Å². The van der Waals surface area contributed by atoms with Crippen molar-refractivity contribution in [3.8, 4) is 0 Å². The summed E-state index contributed by atoms with van der Waals surface area (Å²) in [5, 5.41) is 15.1. The average Bonchev–Trinajstić information content (AvgIpc) is 3.53. The molecule has 7 rings (SSSR count). The smallest absolute Gasteiger partial charge is 0.200 e. The van der Waals surface area contributed by atoms with E-state index in [0.29, 0.717) is 5.57 Å². The van der Waals surface area contributed by atoms with Crippen LogP contribution >= 0.6 is 0 Å². The molecule has 0 amide bonds. The van der Waals surface area contributed by atoms with E-state index in [1.54, 1.807) is 6.08 Å². The number of fused-ring (bicyclic) bond motifs is 2. The number of Topliss-reactive ketones (excluding diaryl/α,β-unsaturated/α-hetero) is 1. The van der Waals surface area contributed by atoms with E-state index in [2.05, 4.69) is 127 Å². The Labute approximate surface area is 284 Å². The minimum Gasteiger partial charge on any atom is -0.506 e. The Hall–Kier alpha value is -4.96. The molecule has 2 N–H and O–H groups in total. The number of para-hydroxylation sites is 2. The van der Waals surface area contributed by atoms with Crippen LogP contribution in [0.3, 0.4) is 0 Å². The minimum atomic E-state index is -0.582. The van der Waals surface area contributed by atoms with Gasteiger partial charge in [-0.3, -0.25) is 9.79 Å². The molecule has 2 heterocycles. The van der Waals surface area contributed by atoms with Gasteiger partial charge in [0.15, 0.2) is 0 Å². The number of aliphatic hydroxyl groups is 1. The molecule has 2 aliphatic heterocycles. The number of carbonyl (C=O) groups is 1. The van der Waals surface area contributed by atoms with Gasteiger partial charge in [0.1, 0.15) is 5.76 Å². The largest absolute Gasteiger partial charge is 0.506 e. The third-order valence-electron chi connectivity index (χ3n) is 10.7.